The minimum atomic E-state index is -4.73. The van der Waals surface area contributed by atoms with E-state index in [-0.39, 0.29) is 12.2 Å². The van der Waals surface area contributed by atoms with E-state index in [9.17, 15) is 17.6 Å². The van der Waals surface area contributed by atoms with E-state index in [0.29, 0.717) is 15.6 Å². The van der Waals surface area contributed by atoms with Crippen LogP contribution in [0.4, 0.5) is 23.2 Å². The molecule has 0 radical (unpaired) electrons. The fourth-order valence-corrected chi connectivity index (χ4v) is 2.34. The Kier molecular flexibility index (Phi) is 4.64. The number of alkyl halides is 3. The lowest BCUT2D eigenvalue weighted by molar-refractivity contribution is -0.139. The first-order valence-corrected chi connectivity index (χ1v) is 6.57. The van der Waals surface area contributed by atoms with Gasteiger partial charge in [0.15, 0.2) is 0 Å². The number of benzene rings is 2. The molecule has 0 aliphatic rings. The Morgan fingerprint density at radius 3 is 2.14 bits per heavy atom. The second kappa shape index (κ2) is 6.12. The number of halogens is 6. The maximum Gasteiger partial charge on any atom is 0.419 e. The molecule has 2 rings (SSSR count). The number of hydrogen-bond acceptors (Lipinski definition) is 1. The summed E-state index contributed by atoms with van der Waals surface area (Å²) in [4.78, 5) is 0. The highest BCUT2D eigenvalue weighted by Crippen LogP contribution is 2.33. The SMILES string of the molecule is Fc1ccc(NCc2cc(Cl)cc(Cl)c2)cc1C(F)(F)F. The zero-order chi connectivity index (χ0) is 15.6. The van der Waals surface area contributed by atoms with Gasteiger partial charge in [-0.25, -0.2) is 4.39 Å². The predicted molar refractivity (Wildman–Crippen MR) is 75.2 cm³/mol. The third-order valence-electron chi connectivity index (χ3n) is 2.69. The minimum absolute atomic E-state index is 0.153. The number of hydrogen-bond donors (Lipinski definition) is 1. The Morgan fingerprint density at radius 2 is 1.57 bits per heavy atom. The molecule has 112 valence electrons. The van der Waals surface area contributed by atoms with Gasteiger partial charge < -0.3 is 5.32 Å². The summed E-state index contributed by atoms with van der Waals surface area (Å²) >= 11 is 11.7. The Labute approximate surface area is 128 Å². The molecule has 0 amide bonds. The van der Waals surface area contributed by atoms with Crippen LogP contribution in [-0.4, -0.2) is 0 Å². The number of rotatable bonds is 3. The molecular weight excluding hydrogens is 329 g/mol. The quantitative estimate of drug-likeness (QED) is 0.701. The minimum Gasteiger partial charge on any atom is -0.381 e. The second-order valence-corrected chi connectivity index (χ2v) is 5.20. The molecule has 0 atom stereocenters. The van der Waals surface area contributed by atoms with E-state index in [0.717, 1.165) is 12.1 Å². The molecule has 1 N–H and O–H groups in total. The van der Waals surface area contributed by atoms with Crippen LogP contribution in [0.25, 0.3) is 0 Å². The van der Waals surface area contributed by atoms with Gasteiger partial charge >= 0.3 is 6.18 Å². The van der Waals surface area contributed by atoms with E-state index in [2.05, 4.69) is 5.32 Å². The molecule has 7 heteroatoms. The summed E-state index contributed by atoms with van der Waals surface area (Å²) < 4.78 is 50.9. The van der Waals surface area contributed by atoms with Crippen molar-refractivity contribution in [1.82, 2.24) is 0 Å². The van der Waals surface area contributed by atoms with Gasteiger partial charge in [0.1, 0.15) is 5.82 Å². The van der Waals surface area contributed by atoms with E-state index >= 15 is 0 Å². The molecule has 0 aliphatic heterocycles. The van der Waals surface area contributed by atoms with Crippen LogP contribution in [0.3, 0.4) is 0 Å². The van der Waals surface area contributed by atoms with Crippen LogP contribution in [0.2, 0.25) is 10.0 Å². The number of nitrogens with one attached hydrogen (secondary N) is 1. The summed E-state index contributed by atoms with van der Waals surface area (Å²) in [6, 6.07) is 7.55. The standard InChI is InChI=1S/C14H9Cl2F4N/c15-9-3-8(4-10(16)5-9)7-21-11-1-2-13(17)12(6-11)14(18,19)20/h1-6,21H,7H2. The van der Waals surface area contributed by atoms with Crippen molar-refractivity contribution in [3.05, 3.63) is 63.4 Å². The van der Waals surface area contributed by atoms with Gasteiger partial charge in [-0.1, -0.05) is 23.2 Å². The van der Waals surface area contributed by atoms with Crippen molar-refractivity contribution in [3.63, 3.8) is 0 Å². The average molecular weight is 338 g/mol. The molecular formula is C14H9Cl2F4N. The molecule has 0 saturated carbocycles. The van der Waals surface area contributed by atoms with Gasteiger partial charge in [0.05, 0.1) is 5.56 Å². The first kappa shape index (κ1) is 15.9. The molecule has 0 bridgehead atoms. The van der Waals surface area contributed by atoms with E-state index in [4.69, 9.17) is 23.2 Å². The van der Waals surface area contributed by atoms with Gasteiger partial charge in [0.2, 0.25) is 0 Å². The van der Waals surface area contributed by atoms with Crippen LogP contribution in [0, 0.1) is 5.82 Å². The van der Waals surface area contributed by atoms with Crippen molar-refractivity contribution in [2.45, 2.75) is 12.7 Å². The molecule has 0 fully saturated rings. The summed E-state index contributed by atoms with van der Waals surface area (Å²) in [5.74, 6) is -1.31. The summed E-state index contributed by atoms with van der Waals surface area (Å²) in [5, 5.41) is 3.62. The Hall–Kier alpha value is -1.46. The monoisotopic (exact) mass is 337 g/mol. The van der Waals surface area contributed by atoms with Crippen LogP contribution < -0.4 is 5.32 Å². The highest BCUT2D eigenvalue weighted by Gasteiger charge is 2.34. The van der Waals surface area contributed by atoms with Gasteiger partial charge in [0, 0.05) is 22.3 Å². The lowest BCUT2D eigenvalue weighted by Crippen LogP contribution is -2.09. The van der Waals surface area contributed by atoms with Crippen LogP contribution in [0.1, 0.15) is 11.1 Å². The zero-order valence-corrected chi connectivity index (χ0v) is 12.0. The molecule has 21 heavy (non-hydrogen) atoms. The Morgan fingerprint density at radius 1 is 0.952 bits per heavy atom. The third kappa shape index (κ3) is 4.25. The van der Waals surface area contributed by atoms with Crippen molar-refractivity contribution in [1.29, 1.82) is 0 Å². The highest BCUT2D eigenvalue weighted by atomic mass is 35.5. The van der Waals surface area contributed by atoms with Crippen LogP contribution in [-0.2, 0) is 12.7 Å². The Bertz CT molecular complexity index is 636. The average Bonchev–Trinajstić information content (AvgIpc) is 2.35. The van der Waals surface area contributed by atoms with E-state index in [1.807, 2.05) is 0 Å². The van der Waals surface area contributed by atoms with Crippen molar-refractivity contribution in [3.8, 4) is 0 Å². The fourth-order valence-electron chi connectivity index (χ4n) is 1.77. The van der Waals surface area contributed by atoms with E-state index in [1.165, 1.54) is 6.07 Å². The second-order valence-electron chi connectivity index (χ2n) is 4.32. The van der Waals surface area contributed by atoms with Crippen LogP contribution >= 0.6 is 23.2 Å². The van der Waals surface area contributed by atoms with Crippen molar-refractivity contribution in [2.24, 2.45) is 0 Å². The molecule has 0 saturated heterocycles. The summed E-state index contributed by atoms with van der Waals surface area (Å²) in [7, 11) is 0. The molecule has 0 spiro atoms. The van der Waals surface area contributed by atoms with Gasteiger partial charge in [-0.3, -0.25) is 0 Å². The topological polar surface area (TPSA) is 12.0 Å². The van der Waals surface area contributed by atoms with Crippen LogP contribution in [0.15, 0.2) is 36.4 Å². The predicted octanol–water partition coefficient (Wildman–Crippen LogP) is 5.76. The molecule has 0 unspecified atom stereocenters. The summed E-state index contributed by atoms with van der Waals surface area (Å²) in [5.41, 5.74) is -0.457. The normalized spacial score (nSPS) is 11.5. The first-order valence-electron chi connectivity index (χ1n) is 5.81. The maximum atomic E-state index is 13.2. The maximum absolute atomic E-state index is 13.2. The first-order chi connectivity index (χ1) is 9.75. The summed E-state index contributed by atoms with van der Waals surface area (Å²) in [6.45, 7) is 0.212. The van der Waals surface area contributed by atoms with Crippen molar-refractivity contribution >= 4 is 28.9 Å². The van der Waals surface area contributed by atoms with Crippen molar-refractivity contribution < 1.29 is 17.6 Å². The van der Waals surface area contributed by atoms with Gasteiger partial charge in [-0.2, -0.15) is 13.2 Å². The number of anilines is 1. The molecule has 2 aromatic rings. The lowest BCUT2D eigenvalue weighted by atomic mass is 10.1. The van der Waals surface area contributed by atoms with Crippen LogP contribution in [0.5, 0.6) is 0 Å². The van der Waals surface area contributed by atoms with Gasteiger partial charge in [-0.15, -0.1) is 0 Å². The molecule has 0 heterocycles. The van der Waals surface area contributed by atoms with Gasteiger partial charge in [0.25, 0.3) is 0 Å². The highest BCUT2D eigenvalue weighted by molar-refractivity contribution is 6.34. The van der Waals surface area contributed by atoms with Crippen molar-refractivity contribution in [2.75, 3.05) is 5.32 Å². The third-order valence-corrected chi connectivity index (χ3v) is 3.13. The summed E-state index contributed by atoms with van der Waals surface area (Å²) in [6.07, 6.45) is -4.73. The molecule has 2 aromatic carbocycles. The lowest BCUT2D eigenvalue weighted by Gasteiger charge is -2.12. The van der Waals surface area contributed by atoms with E-state index < -0.39 is 17.6 Å². The zero-order valence-electron chi connectivity index (χ0n) is 10.4. The largest absolute Gasteiger partial charge is 0.419 e. The molecule has 0 aromatic heterocycles. The smallest absolute Gasteiger partial charge is 0.381 e. The fraction of sp³-hybridized carbons (Fsp3) is 0.143. The molecule has 1 nitrogen and oxygen atoms in total. The van der Waals surface area contributed by atoms with E-state index in [1.54, 1.807) is 18.2 Å². The Balaban J connectivity index is 2.17. The van der Waals surface area contributed by atoms with Gasteiger partial charge in [-0.05, 0) is 42.0 Å². The molecule has 0 aliphatic carbocycles.